The van der Waals surface area contributed by atoms with Crippen molar-refractivity contribution in [3.05, 3.63) is 113 Å². The molecule has 4 rings (SSSR count). The second kappa shape index (κ2) is 21.1. The Hall–Kier alpha value is -5.50. The SMILES string of the molecule is CCCCN(CCCC)c1ccc(/C=C/c2cc(OC)c(/C=C/c3ccc(N(C)CCOc4ccc(C(=O)COC(C)=O)cc4)cc3)cc2OC)cc1. The molecule has 4 aromatic rings. The molecule has 0 saturated heterocycles. The Bertz CT molecular complexity index is 1790. The number of anilines is 2. The number of methoxy groups -OCH3 is 2. The molecular formula is C45H54N2O6. The largest absolute Gasteiger partial charge is 0.496 e. The standard InChI is InChI=1S/C45H54N2O6/c1-7-9-27-47(28-10-8-2)41-23-15-36(16-24-41)12-18-39-32-44(50-5)38(31-45(39)51-6)17-11-35-13-21-40(22-14-35)46(4)29-30-52-42-25-19-37(20-26-42)43(49)33-53-34(3)48/h11-26,31-32H,7-10,27-30,33H2,1-6H3/b17-11+,18-12+. The van der Waals surface area contributed by atoms with Gasteiger partial charge in [-0.05, 0) is 84.6 Å². The molecule has 0 spiro atoms. The highest BCUT2D eigenvalue weighted by Gasteiger charge is 2.11. The van der Waals surface area contributed by atoms with E-state index in [-0.39, 0.29) is 12.4 Å². The molecule has 0 aliphatic rings. The number of ether oxygens (including phenoxy) is 4. The fourth-order valence-corrected chi connectivity index (χ4v) is 5.70. The summed E-state index contributed by atoms with van der Waals surface area (Å²) >= 11 is 0. The molecule has 8 nitrogen and oxygen atoms in total. The van der Waals surface area contributed by atoms with Crippen LogP contribution in [0.3, 0.4) is 0 Å². The molecule has 0 N–H and O–H groups in total. The van der Waals surface area contributed by atoms with Gasteiger partial charge in [-0.2, -0.15) is 0 Å². The molecule has 0 heterocycles. The lowest BCUT2D eigenvalue weighted by atomic mass is 10.0. The van der Waals surface area contributed by atoms with E-state index in [2.05, 4.69) is 90.4 Å². The molecular weight excluding hydrogens is 665 g/mol. The molecule has 0 aliphatic heterocycles. The van der Waals surface area contributed by atoms with Gasteiger partial charge in [0.05, 0.1) is 20.8 Å². The van der Waals surface area contributed by atoms with E-state index in [1.165, 1.54) is 38.3 Å². The van der Waals surface area contributed by atoms with Crippen molar-refractivity contribution in [3.8, 4) is 17.2 Å². The zero-order valence-corrected chi connectivity index (χ0v) is 32.1. The highest BCUT2D eigenvalue weighted by atomic mass is 16.5. The molecule has 0 unspecified atom stereocenters. The monoisotopic (exact) mass is 718 g/mol. The number of esters is 1. The van der Waals surface area contributed by atoms with Crippen LogP contribution < -0.4 is 24.0 Å². The summed E-state index contributed by atoms with van der Waals surface area (Å²) < 4.78 is 22.3. The maximum absolute atomic E-state index is 12.1. The van der Waals surface area contributed by atoms with Crippen molar-refractivity contribution in [1.82, 2.24) is 0 Å². The Labute approximate surface area is 315 Å². The number of unbranched alkanes of at least 4 members (excludes halogenated alkanes) is 2. The normalized spacial score (nSPS) is 11.1. The minimum atomic E-state index is -0.482. The molecule has 4 aromatic carbocycles. The van der Waals surface area contributed by atoms with Crippen molar-refractivity contribution in [1.29, 1.82) is 0 Å². The predicted octanol–water partition coefficient (Wildman–Crippen LogP) is 9.71. The van der Waals surface area contributed by atoms with Crippen LogP contribution in [0.5, 0.6) is 17.2 Å². The van der Waals surface area contributed by atoms with Crippen LogP contribution in [0.25, 0.3) is 24.3 Å². The fourth-order valence-electron chi connectivity index (χ4n) is 5.70. The molecule has 0 bridgehead atoms. The summed E-state index contributed by atoms with van der Waals surface area (Å²) in [5.41, 5.74) is 6.86. The maximum atomic E-state index is 12.1. The second-order valence-corrected chi connectivity index (χ2v) is 12.9. The van der Waals surface area contributed by atoms with Crippen LogP contribution in [-0.4, -0.2) is 65.9 Å². The molecule has 0 saturated carbocycles. The maximum Gasteiger partial charge on any atom is 0.303 e. The smallest absolute Gasteiger partial charge is 0.303 e. The molecule has 0 atom stereocenters. The highest BCUT2D eigenvalue weighted by Crippen LogP contribution is 2.32. The van der Waals surface area contributed by atoms with E-state index < -0.39 is 5.97 Å². The Kier molecular flexibility index (Phi) is 16.1. The Balaban J connectivity index is 1.34. The molecule has 8 heteroatoms. The summed E-state index contributed by atoms with van der Waals surface area (Å²) in [7, 11) is 5.40. The summed E-state index contributed by atoms with van der Waals surface area (Å²) in [5.74, 6) is 1.46. The van der Waals surface area contributed by atoms with Crippen LogP contribution in [0.1, 0.15) is 79.1 Å². The predicted molar refractivity (Wildman–Crippen MR) is 218 cm³/mol. The van der Waals surface area contributed by atoms with Crippen molar-refractivity contribution >= 4 is 47.4 Å². The van der Waals surface area contributed by atoms with Gasteiger partial charge >= 0.3 is 5.97 Å². The Morgan fingerprint density at radius 1 is 0.660 bits per heavy atom. The minimum Gasteiger partial charge on any atom is -0.496 e. The molecule has 280 valence electrons. The van der Waals surface area contributed by atoms with Crippen LogP contribution in [-0.2, 0) is 9.53 Å². The van der Waals surface area contributed by atoms with Gasteiger partial charge in [-0.15, -0.1) is 0 Å². The summed E-state index contributed by atoms with van der Waals surface area (Å²) in [4.78, 5) is 27.7. The zero-order valence-electron chi connectivity index (χ0n) is 32.1. The molecule has 0 aliphatic carbocycles. The molecule has 53 heavy (non-hydrogen) atoms. The first kappa shape index (κ1) is 40.3. The Morgan fingerprint density at radius 3 is 1.64 bits per heavy atom. The molecule has 0 fully saturated rings. The van der Waals surface area contributed by atoms with Gasteiger partial charge < -0.3 is 28.7 Å². The molecule has 0 amide bonds. The molecule has 0 radical (unpaired) electrons. The van der Waals surface area contributed by atoms with Crippen LogP contribution >= 0.6 is 0 Å². The first-order chi connectivity index (χ1) is 25.7. The number of hydrogen-bond acceptors (Lipinski definition) is 8. The lowest BCUT2D eigenvalue weighted by Gasteiger charge is -2.24. The van der Waals surface area contributed by atoms with E-state index >= 15 is 0 Å². The number of carbonyl (C=O) groups is 2. The van der Waals surface area contributed by atoms with E-state index in [9.17, 15) is 9.59 Å². The van der Waals surface area contributed by atoms with E-state index in [1.807, 2.05) is 25.3 Å². The van der Waals surface area contributed by atoms with E-state index in [4.69, 9.17) is 18.9 Å². The number of rotatable bonds is 21. The quantitative estimate of drug-likeness (QED) is 0.0479. The van der Waals surface area contributed by atoms with Gasteiger partial charge in [0.1, 0.15) is 23.9 Å². The Morgan fingerprint density at radius 2 is 1.17 bits per heavy atom. The third-order valence-corrected chi connectivity index (χ3v) is 8.93. The third kappa shape index (κ3) is 12.6. The third-order valence-electron chi connectivity index (χ3n) is 8.93. The molecule has 0 aromatic heterocycles. The average molecular weight is 719 g/mol. The van der Waals surface area contributed by atoms with E-state index in [0.717, 1.165) is 52.5 Å². The summed E-state index contributed by atoms with van der Waals surface area (Å²) in [6.07, 6.45) is 13.1. The summed E-state index contributed by atoms with van der Waals surface area (Å²) in [5, 5.41) is 0. The van der Waals surface area contributed by atoms with Gasteiger partial charge in [0.15, 0.2) is 12.4 Å². The van der Waals surface area contributed by atoms with Crippen LogP contribution in [0.2, 0.25) is 0 Å². The zero-order chi connectivity index (χ0) is 38.0. The van der Waals surface area contributed by atoms with Gasteiger partial charge in [0, 0.05) is 55.1 Å². The number of carbonyl (C=O) groups excluding carboxylic acids is 2. The summed E-state index contributed by atoms with van der Waals surface area (Å²) in [6, 6.07) is 28.0. The number of benzene rings is 4. The van der Waals surface area contributed by atoms with Gasteiger partial charge in [-0.1, -0.05) is 75.3 Å². The van der Waals surface area contributed by atoms with Crippen molar-refractivity contribution in [2.75, 3.05) is 63.9 Å². The topological polar surface area (TPSA) is 77.5 Å². The van der Waals surface area contributed by atoms with Crippen LogP contribution in [0.15, 0.2) is 84.9 Å². The van der Waals surface area contributed by atoms with Crippen molar-refractivity contribution < 1.29 is 28.5 Å². The van der Waals surface area contributed by atoms with Crippen molar-refractivity contribution in [2.24, 2.45) is 0 Å². The lowest BCUT2D eigenvalue weighted by molar-refractivity contribution is -0.139. The van der Waals surface area contributed by atoms with Gasteiger partial charge in [-0.25, -0.2) is 0 Å². The number of hydrogen-bond donors (Lipinski definition) is 0. The number of nitrogens with zero attached hydrogens (tertiary/aromatic N) is 2. The van der Waals surface area contributed by atoms with E-state index in [1.54, 1.807) is 38.5 Å². The van der Waals surface area contributed by atoms with Gasteiger partial charge in [0.2, 0.25) is 0 Å². The first-order valence-corrected chi connectivity index (χ1v) is 18.4. The van der Waals surface area contributed by atoms with Crippen molar-refractivity contribution in [2.45, 2.75) is 46.5 Å². The van der Waals surface area contributed by atoms with Crippen molar-refractivity contribution in [3.63, 3.8) is 0 Å². The second-order valence-electron chi connectivity index (χ2n) is 12.9. The van der Waals surface area contributed by atoms with Crippen LogP contribution in [0.4, 0.5) is 11.4 Å². The van der Waals surface area contributed by atoms with Gasteiger partial charge in [-0.3, -0.25) is 9.59 Å². The lowest BCUT2D eigenvalue weighted by Crippen LogP contribution is -2.25. The minimum absolute atomic E-state index is 0.255. The van der Waals surface area contributed by atoms with E-state index in [0.29, 0.717) is 24.5 Å². The fraction of sp³-hybridized carbons (Fsp3) is 0.333. The number of Topliss-reactive ketones (excluding diaryl/α,β-unsaturated/α-hetero) is 1. The highest BCUT2D eigenvalue weighted by molar-refractivity contribution is 5.98. The first-order valence-electron chi connectivity index (χ1n) is 18.4. The van der Waals surface area contributed by atoms with Crippen LogP contribution in [0, 0.1) is 0 Å². The summed E-state index contributed by atoms with van der Waals surface area (Å²) in [6.45, 7) is 8.82. The number of ketones is 1. The number of likely N-dealkylation sites (N-methyl/N-ethyl adjacent to an activating group) is 1. The van der Waals surface area contributed by atoms with Gasteiger partial charge in [0.25, 0.3) is 0 Å². The average Bonchev–Trinajstić information content (AvgIpc) is 3.18.